The Morgan fingerprint density at radius 2 is 1.54 bits per heavy atom. The molecule has 0 radical (unpaired) electrons. The van der Waals surface area contributed by atoms with E-state index in [1.54, 1.807) is 17.0 Å². The first-order chi connectivity index (χ1) is 17.8. The Kier molecular flexibility index (Phi) is 8.87. The third kappa shape index (κ3) is 6.91. The molecule has 9 heteroatoms. The van der Waals surface area contributed by atoms with Crippen LogP contribution in [0, 0.1) is 11.6 Å². The van der Waals surface area contributed by atoms with E-state index in [4.69, 9.17) is 21.1 Å². The molecule has 1 atom stereocenters. The maximum Gasteiger partial charge on any atom is 0.337 e. The average Bonchev–Trinajstić information content (AvgIpc) is 2.93. The van der Waals surface area contributed by atoms with Gasteiger partial charge in [0.05, 0.1) is 25.4 Å². The highest BCUT2D eigenvalue weighted by atomic mass is 35.5. The first-order valence-corrected chi connectivity index (χ1v) is 12.2. The smallest absolute Gasteiger partial charge is 0.337 e. The van der Waals surface area contributed by atoms with Gasteiger partial charge in [0.15, 0.2) is 11.6 Å². The first-order valence-electron chi connectivity index (χ1n) is 11.8. The van der Waals surface area contributed by atoms with Gasteiger partial charge in [-0.25, -0.2) is 13.6 Å². The molecule has 0 N–H and O–H groups in total. The van der Waals surface area contributed by atoms with Crippen LogP contribution in [0.15, 0.2) is 66.7 Å². The highest BCUT2D eigenvalue weighted by Gasteiger charge is 2.25. The molecule has 37 heavy (non-hydrogen) atoms. The highest BCUT2D eigenvalue weighted by Crippen LogP contribution is 2.24. The number of ether oxygens (including phenoxy) is 2. The van der Waals surface area contributed by atoms with Crippen molar-refractivity contribution in [1.29, 1.82) is 0 Å². The summed E-state index contributed by atoms with van der Waals surface area (Å²) in [5.74, 6) is -2.73. The van der Waals surface area contributed by atoms with Crippen LogP contribution in [0.1, 0.15) is 37.9 Å². The Morgan fingerprint density at radius 1 is 0.892 bits per heavy atom. The van der Waals surface area contributed by atoms with Crippen LogP contribution >= 0.6 is 11.6 Å². The minimum atomic E-state index is -1.03. The fourth-order valence-electron chi connectivity index (χ4n) is 4.16. The van der Waals surface area contributed by atoms with E-state index >= 15 is 0 Å². The predicted octanol–water partition coefficient (Wildman–Crippen LogP) is 5.12. The lowest BCUT2D eigenvalue weighted by molar-refractivity contribution is 0.00340. The number of carbonyl (C=O) groups is 2. The summed E-state index contributed by atoms with van der Waals surface area (Å²) in [6, 6.07) is 17.7. The summed E-state index contributed by atoms with van der Waals surface area (Å²) >= 11 is 6.08. The van der Waals surface area contributed by atoms with E-state index in [-0.39, 0.29) is 17.6 Å². The zero-order valence-electron chi connectivity index (χ0n) is 20.3. The van der Waals surface area contributed by atoms with Crippen LogP contribution in [0.5, 0.6) is 0 Å². The van der Waals surface area contributed by atoms with Crippen LogP contribution < -0.4 is 0 Å². The van der Waals surface area contributed by atoms with E-state index in [1.165, 1.54) is 13.2 Å². The van der Waals surface area contributed by atoms with Gasteiger partial charge < -0.3 is 14.4 Å². The van der Waals surface area contributed by atoms with Gasteiger partial charge in [-0.05, 0) is 53.6 Å². The highest BCUT2D eigenvalue weighted by molar-refractivity contribution is 6.30. The van der Waals surface area contributed by atoms with Gasteiger partial charge in [-0.1, -0.05) is 35.9 Å². The SMILES string of the molecule is COC(=O)c1ccc(COC(CN2CCN(C(=O)c3ccc(F)c(F)c3)CC2)c2ccc(Cl)cc2)cc1. The third-order valence-electron chi connectivity index (χ3n) is 6.32. The summed E-state index contributed by atoms with van der Waals surface area (Å²) in [7, 11) is 1.34. The number of benzene rings is 3. The Morgan fingerprint density at radius 3 is 2.16 bits per heavy atom. The molecule has 194 valence electrons. The fraction of sp³-hybridized carbons (Fsp3) is 0.286. The molecule has 1 unspecified atom stereocenters. The zero-order valence-corrected chi connectivity index (χ0v) is 21.1. The van der Waals surface area contributed by atoms with Crippen molar-refractivity contribution in [3.05, 3.63) is 106 Å². The molecule has 6 nitrogen and oxygen atoms in total. The summed E-state index contributed by atoms with van der Waals surface area (Å²) in [5, 5.41) is 0.630. The molecular weight excluding hydrogens is 502 g/mol. The van der Waals surface area contributed by atoms with Crippen LogP contribution in [0.2, 0.25) is 5.02 Å². The molecule has 0 spiro atoms. The number of methoxy groups -OCH3 is 1. The molecule has 0 aliphatic carbocycles. The lowest BCUT2D eigenvalue weighted by atomic mass is 10.1. The minimum absolute atomic E-state index is 0.132. The van der Waals surface area contributed by atoms with E-state index in [2.05, 4.69) is 4.90 Å². The largest absolute Gasteiger partial charge is 0.465 e. The predicted molar refractivity (Wildman–Crippen MR) is 135 cm³/mol. The van der Waals surface area contributed by atoms with Crippen molar-refractivity contribution in [3.8, 4) is 0 Å². The molecule has 0 aromatic heterocycles. The van der Waals surface area contributed by atoms with Gasteiger partial charge in [-0.2, -0.15) is 0 Å². The number of rotatable bonds is 8. The lowest BCUT2D eigenvalue weighted by Gasteiger charge is -2.36. The lowest BCUT2D eigenvalue weighted by Crippen LogP contribution is -2.49. The van der Waals surface area contributed by atoms with E-state index in [0.29, 0.717) is 49.9 Å². The molecule has 1 saturated heterocycles. The molecule has 3 aromatic rings. The van der Waals surface area contributed by atoms with Gasteiger partial charge in [-0.3, -0.25) is 9.69 Å². The van der Waals surface area contributed by atoms with Crippen molar-refractivity contribution >= 4 is 23.5 Å². The molecule has 1 fully saturated rings. The number of carbonyl (C=O) groups excluding carboxylic acids is 2. The average molecular weight is 529 g/mol. The summed E-state index contributed by atoms with van der Waals surface area (Å²) in [4.78, 5) is 28.3. The van der Waals surface area contributed by atoms with Gasteiger partial charge >= 0.3 is 5.97 Å². The molecule has 1 aliphatic rings. The maximum absolute atomic E-state index is 13.6. The number of esters is 1. The molecule has 1 amide bonds. The standard InChI is InChI=1S/C28H27ClF2N2O4/c1-36-28(35)21-4-2-19(3-5-21)18-37-26(20-6-9-23(29)10-7-20)17-32-12-14-33(15-13-32)27(34)22-8-11-24(30)25(31)16-22/h2-11,16,26H,12-15,17-18H2,1H3. The van der Waals surface area contributed by atoms with Crippen molar-refractivity contribution in [1.82, 2.24) is 9.80 Å². The number of nitrogens with zero attached hydrogens (tertiary/aromatic N) is 2. The van der Waals surface area contributed by atoms with Crippen molar-refractivity contribution in [2.75, 3.05) is 39.8 Å². The Bertz CT molecular complexity index is 1230. The summed E-state index contributed by atoms with van der Waals surface area (Å²) in [6.45, 7) is 3.06. The molecule has 1 heterocycles. The van der Waals surface area contributed by atoms with Crippen LogP contribution in [-0.2, 0) is 16.1 Å². The summed E-state index contributed by atoms with van der Waals surface area (Å²) in [6.07, 6.45) is -0.258. The van der Waals surface area contributed by atoms with Crippen LogP contribution in [0.4, 0.5) is 8.78 Å². The molecule has 1 aliphatic heterocycles. The van der Waals surface area contributed by atoms with Gasteiger partial charge in [-0.15, -0.1) is 0 Å². The third-order valence-corrected chi connectivity index (χ3v) is 6.57. The Balaban J connectivity index is 1.38. The van der Waals surface area contributed by atoms with Crippen LogP contribution in [0.25, 0.3) is 0 Å². The van der Waals surface area contributed by atoms with Gasteiger partial charge in [0.25, 0.3) is 5.91 Å². The molecular formula is C28H27ClF2N2O4. The van der Waals surface area contributed by atoms with Crippen molar-refractivity contribution < 1.29 is 27.8 Å². The van der Waals surface area contributed by atoms with Gasteiger partial charge in [0.2, 0.25) is 0 Å². The molecule has 4 rings (SSSR count). The van der Waals surface area contributed by atoms with E-state index < -0.39 is 17.6 Å². The Labute approximate surface area is 219 Å². The second-order valence-corrected chi connectivity index (χ2v) is 9.20. The fourth-order valence-corrected chi connectivity index (χ4v) is 4.29. The van der Waals surface area contributed by atoms with Gasteiger partial charge in [0, 0.05) is 43.3 Å². The summed E-state index contributed by atoms with van der Waals surface area (Å²) < 4.78 is 37.8. The second-order valence-electron chi connectivity index (χ2n) is 8.76. The number of piperazine rings is 1. The van der Waals surface area contributed by atoms with E-state index in [1.807, 2.05) is 36.4 Å². The summed E-state index contributed by atoms with van der Waals surface area (Å²) in [5.41, 5.74) is 2.48. The number of hydrogen-bond acceptors (Lipinski definition) is 5. The van der Waals surface area contributed by atoms with Crippen LogP contribution in [-0.4, -0.2) is 61.5 Å². The normalized spacial score (nSPS) is 14.9. The van der Waals surface area contributed by atoms with Crippen LogP contribution in [0.3, 0.4) is 0 Å². The van der Waals surface area contributed by atoms with Crippen molar-refractivity contribution in [2.45, 2.75) is 12.7 Å². The molecule has 0 saturated carbocycles. The van der Waals surface area contributed by atoms with E-state index in [9.17, 15) is 18.4 Å². The number of amides is 1. The topological polar surface area (TPSA) is 59.1 Å². The minimum Gasteiger partial charge on any atom is -0.465 e. The number of hydrogen-bond donors (Lipinski definition) is 0. The molecule has 3 aromatic carbocycles. The van der Waals surface area contributed by atoms with Crippen molar-refractivity contribution in [2.24, 2.45) is 0 Å². The Hall–Kier alpha value is -3.33. The van der Waals surface area contributed by atoms with E-state index in [0.717, 1.165) is 23.3 Å². The first kappa shape index (κ1) is 26.7. The van der Waals surface area contributed by atoms with Gasteiger partial charge in [0.1, 0.15) is 0 Å². The zero-order chi connectivity index (χ0) is 26.4. The quantitative estimate of drug-likeness (QED) is 0.380. The second kappa shape index (κ2) is 12.3. The monoisotopic (exact) mass is 528 g/mol. The maximum atomic E-state index is 13.6. The van der Waals surface area contributed by atoms with Crippen molar-refractivity contribution in [3.63, 3.8) is 0 Å². The number of halogens is 3. The molecule has 0 bridgehead atoms.